The number of nitrogens with zero attached hydrogens (tertiary/aromatic N) is 2. The Morgan fingerprint density at radius 2 is 1.83 bits per heavy atom. The molecule has 5 nitrogen and oxygen atoms in total. The first-order valence-electron chi connectivity index (χ1n) is 7.37. The standard InChI is InChI=1S/C16H15ClN2O3S/c17-12-4-1-2-7-15(12)23(20,21)19-9-8-18-10-11-22-14-6-3-5-13(19)16(14)18/h1-7H,8-11H2. The van der Waals surface area contributed by atoms with Crippen molar-refractivity contribution in [3.8, 4) is 5.75 Å². The van der Waals surface area contributed by atoms with Gasteiger partial charge in [0.2, 0.25) is 0 Å². The Morgan fingerprint density at radius 3 is 2.65 bits per heavy atom. The van der Waals surface area contributed by atoms with Gasteiger partial charge in [-0.1, -0.05) is 29.8 Å². The second-order valence-corrected chi connectivity index (χ2v) is 7.70. The Bertz CT molecular complexity index is 869. The van der Waals surface area contributed by atoms with Gasteiger partial charge >= 0.3 is 0 Å². The zero-order valence-electron chi connectivity index (χ0n) is 12.3. The zero-order chi connectivity index (χ0) is 16.0. The summed E-state index contributed by atoms with van der Waals surface area (Å²) in [7, 11) is -3.71. The lowest BCUT2D eigenvalue weighted by molar-refractivity contribution is 0.307. The number of hydrogen-bond donors (Lipinski definition) is 0. The average Bonchev–Trinajstić information content (AvgIpc) is 2.56. The number of ether oxygens (including phenoxy) is 1. The molecule has 0 aliphatic carbocycles. The predicted octanol–water partition coefficient (Wildman–Crippen LogP) is 2.75. The lowest BCUT2D eigenvalue weighted by Gasteiger charge is -2.41. The maximum atomic E-state index is 13.1. The van der Waals surface area contributed by atoms with Gasteiger partial charge in [0.1, 0.15) is 22.9 Å². The van der Waals surface area contributed by atoms with E-state index in [-0.39, 0.29) is 9.92 Å². The SMILES string of the molecule is O=S(=O)(c1ccccc1Cl)N1CCN2CCOc3cccc1c32. The molecule has 0 saturated heterocycles. The molecule has 2 aliphatic heterocycles. The van der Waals surface area contributed by atoms with Gasteiger partial charge in [0, 0.05) is 6.54 Å². The van der Waals surface area contributed by atoms with Gasteiger partial charge in [0.05, 0.1) is 23.8 Å². The van der Waals surface area contributed by atoms with Crippen molar-refractivity contribution in [2.75, 3.05) is 35.4 Å². The molecular formula is C16H15ClN2O3S. The van der Waals surface area contributed by atoms with E-state index in [0.29, 0.717) is 25.4 Å². The monoisotopic (exact) mass is 350 g/mol. The van der Waals surface area contributed by atoms with Crippen molar-refractivity contribution in [3.63, 3.8) is 0 Å². The van der Waals surface area contributed by atoms with Gasteiger partial charge in [-0.25, -0.2) is 8.42 Å². The van der Waals surface area contributed by atoms with Crippen molar-refractivity contribution in [3.05, 3.63) is 47.5 Å². The molecule has 0 saturated carbocycles. The number of halogens is 1. The second-order valence-electron chi connectivity index (χ2n) is 5.47. The topological polar surface area (TPSA) is 49.9 Å². The molecule has 120 valence electrons. The number of hydrogen-bond acceptors (Lipinski definition) is 4. The van der Waals surface area contributed by atoms with Crippen LogP contribution in [0, 0.1) is 0 Å². The van der Waals surface area contributed by atoms with Crippen molar-refractivity contribution in [1.29, 1.82) is 0 Å². The van der Waals surface area contributed by atoms with Crippen LogP contribution in [0.5, 0.6) is 5.75 Å². The molecule has 0 amide bonds. The minimum atomic E-state index is -3.71. The van der Waals surface area contributed by atoms with E-state index in [1.807, 2.05) is 18.2 Å². The van der Waals surface area contributed by atoms with E-state index >= 15 is 0 Å². The van der Waals surface area contributed by atoms with Crippen molar-refractivity contribution >= 4 is 33.0 Å². The van der Waals surface area contributed by atoms with E-state index in [1.165, 1.54) is 10.4 Å². The van der Waals surface area contributed by atoms with Crippen LogP contribution < -0.4 is 13.9 Å². The van der Waals surface area contributed by atoms with Crippen LogP contribution >= 0.6 is 11.6 Å². The molecule has 2 aromatic carbocycles. The summed E-state index contributed by atoms with van der Waals surface area (Å²) < 4.78 is 33.3. The maximum Gasteiger partial charge on any atom is 0.265 e. The van der Waals surface area contributed by atoms with Crippen molar-refractivity contribution in [2.45, 2.75) is 4.90 Å². The fraction of sp³-hybridized carbons (Fsp3) is 0.250. The number of sulfonamides is 1. The van der Waals surface area contributed by atoms with Crippen molar-refractivity contribution < 1.29 is 13.2 Å². The summed E-state index contributed by atoms with van der Waals surface area (Å²) >= 11 is 6.11. The van der Waals surface area contributed by atoms with E-state index in [4.69, 9.17) is 16.3 Å². The molecule has 0 radical (unpaired) electrons. The first kappa shape index (κ1) is 14.7. The maximum absolute atomic E-state index is 13.1. The molecule has 0 bridgehead atoms. The molecule has 4 rings (SSSR count). The number of para-hydroxylation sites is 1. The van der Waals surface area contributed by atoms with Gasteiger partial charge in [-0.05, 0) is 24.3 Å². The van der Waals surface area contributed by atoms with E-state index in [2.05, 4.69) is 4.90 Å². The summed E-state index contributed by atoms with van der Waals surface area (Å²) in [5.41, 5.74) is 1.49. The van der Waals surface area contributed by atoms with Crippen LogP contribution in [-0.2, 0) is 10.0 Å². The Hall–Kier alpha value is -1.92. The Labute approximate surface area is 140 Å². The molecule has 0 unspecified atom stereocenters. The molecule has 0 aromatic heterocycles. The van der Waals surface area contributed by atoms with Crippen LogP contribution in [0.1, 0.15) is 0 Å². The van der Waals surface area contributed by atoms with Gasteiger partial charge in [-0.15, -0.1) is 0 Å². The van der Waals surface area contributed by atoms with E-state index < -0.39 is 10.0 Å². The Balaban J connectivity index is 1.87. The van der Waals surface area contributed by atoms with Gasteiger partial charge in [-0.3, -0.25) is 4.31 Å². The largest absolute Gasteiger partial charge is 0.489 e. The third-order valence-electron chi connectivity index (χ3n) is 4.16. The summed E-state index contributed by atoms with van der Waals surface area (Å²) in [6, 6.07) is 12.0. The van der Waals surface area contributed by atoms with Gasteiger partial charge in [0.25, 0.3) is 10.0 Å². The van der Waals surface area contributed by atoms with Crippen LogP contribution in [0.25, 0.3) is 0 Å². The molecule has 0 fully saturated rings. The second kappa shape index (κ2) is 5.32. The third kappa shape index (κ3) is 2.24. The fourth-order valence-corrected chi connectivity index (χ4v) is 5.06. The van der Waals surface area contributed by atoms with Gasteiger partial charge in [-0.2, -0.15) is 0 Å². The van der Waals surface area contributed by atoms with Gasteiger partial charge in [0.15, 0.2) is 0 Å². The lowest BCUT2D eigenvalue weighted by atomic mass is 10.1. The zero-order valence-corrected chi connectivity index (χ0v) is 13.8. The van der Waals surface area contributed by atoms with Crippen LogP contribution in [0.4, 0.5) is 11.4 Å². The molecule has 0 N–H and O–H groups in total. The molecule has 7 heteroatoms. The molecule has 0 atom stereocenters. The van der Waals surface area contributed by atoms with E-state index in [1.54, 1.807) is 18.2 Å². The summed E-state index contributed by atoms with van der Waals surface area (Å²) in [6.07, 6.45) is 0. The minimum Gasteiger partial charge on any atom is -0.489 e. The highest BCUT2D eigenvalue weighted by Gasteiger charge is 2.35. The number of rotatable bonds is 2. The first-order valence-corrected chi connectivity index (χ1v) is 9.19. The summed E-state index contributed by atoms with van der Waals surface area (Å²) in [4.78, 5) is 2.30. The summed E-state index contributed by atoms with van der Waals surface area (Å²) in [5.74, 6) is 0.729. The Morgan fingerprint density at radius 1 is 1.00 bits per heavy atom. The first-order chi connectivity index (χ1) is 11.1. The normalized spacial score (nSPS) is 16.7. The highest BCUT2D eigenvalue weighted by atomic mass is 35.5. The van der Waals surface area contributed by atoms with E-state index in [0.717, 1.165) is 18.0 Å². The van der Waals surface area contributed by atoms with Gasteiger partial charge < -0.3 is 9.64 Å². The quantitative estimate of drug-likeness (QED) is 0.835. The number of benzene rings is 2. The highest BCUT2D eigenvalue weighted by Crippen LogP contribution is 2.44. The van der Waals surface area contributed by atoms with Crippen LogP contribution in [-0.4, -0.2) is 34.7 Å². The fourth-order valence-electron chi connectivity index (χ4n) is 3.10. The molecular weight excluding hydrogens is 336 g/mol. The summed E-state index contributed by atoms with van der Waals surface area (Å²) in [6.45, 7) is 2.42. The predicted molar refractivity (Wildman–Crippen MR) is 90.1 cm³/mol. The minimum absolute atomic E-state index is 0.129. The van der Waals surface area contributed by atoms with Crippen LogP contribution in [0.3, 0.4) is 0 Å². The van der Waals surface area contributed by atoms with Crippen molar-refractivity contribution in [1.82, 2.24) is 0 Å². The lowest BCUT2D eigenvalue weighted by Crippen LogP contribution is -2.46. The highest BCUT2D eigenvalue weighted by molar-refractivity contribution is 7.93. The van der Waals surface area contributed by atoms with E-state index in [9.17, 15) is 8.42 Å². The van der Waals surface area contributed by atoms with Crippen LogP contribution in [0.2, 0.25) is 5.02 Å². The molecule has 0 spiro atoms. The van der Waals surface area contributed by atoms with Crippen LogP contribution in [0.15, 0.2) is 47.4 Å². The van der Waals surface area contributed by atoms with Crippen molar-refractivity contribution in [2.24, 2.45) is 0 Å². The average molecular weight is 351 g/mol. The molecule has 23 heavy (non-hydrogen) atoms. The number of anilines is 2. The third-order valence-corrected chi connectivity index (χ3v) is 6.47. The molecule has 2 heterocycles. The molecule has 2 aliphatic rings. The molecule has 2 aromatic rings. The smallest absolute Gasteiger partial charge is 0.265 e. The Kier molecular flexibility index (Phi) is 3.39. The summed E-state index contributed by atoms with van der Waals surface area (Å²) in [5, 5.41) is 0.232.